The maximum atomic E-state index is 10.9. The van der Waals surface area contributed by atoms with E-state index >= 15 is 0 Å². The molecule has 0 aliphatic heterocycles. The second-order valence-corrected chi connectivity index (χ2v) is 7.96. The number of anilines is 2. The van der Waals surface area contributed by atoms with Crippen molar-refractivity contribution in [3.05, 3.63) is 103 Å². The van der Waals surface area contributed by atoms with Crippen LogP contribution in [0.2, 0.25) is 0 Å². The molecule has 0 fully saturated rings. The van der Waals surface area contributed by atoms with Gasteiger partial charge in [-0.1, -0.05) is 36.4 Å². The Kier molecular flexibility index (Phi) is 4.85. The van der Waals surface area contributed by atoms with E-state index in [1.165, 1.54) is 11.9 Å². The number of carbonyl (C=O) groups excluding carboxylic acids is 1. The number of fused-ring (bicyclic) bond motifs is 2. The number of carbonyl (C=O) groups is 1. The maximum Gasteiger partial charge on any atom is 0.185 e. The monoisotopic (exact) mass is 445 g/mol. The second-order valence-electron chi connectivity index (χ2n) is 7.96. The average Bonchev–Trinajstić information content (AvgIpc) is 3.52. The van der Waals surface area contributed by atoms with Gasteiger partial charge in [0.1, 0.15) is 17.9 Å². The van der Waals surface area contributed by atoms with Crippen molar-refractivity contribution in [2.45, 2.75) is 6.54 Å². The van der Waals surface area contributed by atoms with Gasteiger partial charge in [0.2, 0.25) is 0 Å². The highest BCUT2D eigenvalue weighted by Crippen LogP contribution is 2.29. The van der Waals surface area contributed by atoms with Gasteiger partial charge in [-0.3, -0.25) is 9.48 Å². The Morgan fingerprint density at radius 2 is 1.85 bits per heavy atom. The number of aromatic nitrogens is 4. The molecule has 0 atom stereocenters. The van der Waals surface area contributed by atoms with E-state index in [0.717, 1.165) is 39.6 Å². The molecular weight excluding hydrogens is 426 g/mol. The fourth-order valence-corrected chi connectivity index (χ4v) is 4.07. The third-order valence-corrected chi connectivity index (χ3v) is 5.74. The van der Waals surface area contributed by atoms with Crippen LogP contribution in [0.15, 0.2) is 95.8 Å². The van der Waals surface area contributed by atoms with Crippen LogP contribution in [0.1, 0.15) is 16.1 Å². The van der Waals surface area contributed by atoms with E-state index in [0.29, 0.717) is 23.6 Å². The molecule has 0 spiro atoms. The van der Waals surface area contributed by atoms with Gasteiger partial charge < -0.3 is 9.73 Å². The SMILES string of the molecule is O=Cc1ccc(-c2ccc3c(Nc4ccc5c(cnn5Cc5ccccc5)c4)ncnc3c2)o1. The molecule has 0 radical (unpaired) electrons. The molecule has 1 N–H and O–H groups in total. The largest absolute Gasteiger partial charge is 0.453 e. The van der Waals surface area contributed by atoms with Crippen LogP contribution in [0.4, 0.5) is 11.5 Å². The van der Waals surface area contributed by atoms with E-state index < -0.39 is 0 Å². The number of hydrogen-bond donors (Lipinski definition) is 1. The summed E-state index contributed by atoms with van der Waals surface area (Å²) in [6.45, 7) is 0.722. The van der Waals surface area contributed by atoms with Gasteiger partial charge in [0.05, 0.1) is 23.8 Å². The topological polar surface area (TPSA) is 85.8 Å². The van der Waals surface area contributed by atoms with Crippen LogP contribution in [0.3, 0.4) is 0 Å². The van der Waals surface area contributed by atoms with E-state index in [1.54, 1.807) is 12.1 Å². The molecule has 0 bridgehead atoms. The predicted molar refractivity (Wildman–Crippen MR) is 131 cm³/mol. The summed E-state index contributed by atoms with van der Waals surface area (Å²) in [5.74, 6) is 1.62. The van der Waals surface area contributed by atoms with Crippen LogP contribution in [0, 0.1) is 0 Å². The lowest BCUT2D eigenvalue weighted by Crippen LogP contribution is -2.01. The van der Waals surface area contributed by atoms with Crippen molar-refractivity contribution in [1.82, 2.24) is 19.7 Å². The molecule has 3 aromatic carbocycles. The first kappa shape index (κ1) is 19.9. The Hall–Kier alpha value is -4.78. The summed E-state index contributed by atoms with van der Waals surface area (Å²) in [7, 11) is 0. The van der Waals surface area contributed by atoms with Crippen molar-refractivity contribution >= 4 is 39.6 Å². The molecule has 7 nitrogen and oxygen atoms in total. The Bertz CT molecular complexity index is 1640. The molecule has 0 aliphatic rings. The number of hydrogen-bond acceptors (Lipinski definition) is 6. The molecule has 34 heavy (non-hydrogen) atoms. The number of nitrogens with one attached hydrogen (secondary N) is 1. The summed E-state index contributed by atoms with van der Waals surface area (Å²) >= 11 is 0. The summed E-state index contributed by atoms with van der Waals surface area (Å²) in [6, 6.07) is 25.7. The van der Waals surface area contributed by atoms with Gasteiger partial charge in [-0.05, 0) is 48.0 Å². The smallest absolute Gasteiger partial charge is 0.185 e. The summed E-state index contributed by atoms with van der Waals surface area (Å²) in [5.41, 5.74) is 4.81. The standard InChI is InChI=1S/C27H19N5O2/c33-16-22-8-11-26(34-22)19-6-9-23-24(13-19)28-17-29-27(23)31-21-7-10-25-20(12-21)14-30-32(25)15-18-4-2-1-3-5-18/h1-14,16-17H,15H2,(H,28,29,31). The highest BCUT2D eigenvalue weighted by molar-refractivity contribution is 5.94. The second kappa shape index (κ2) is 8.29. The molecule has 3 aromatic heterocycles. The molecule has 6 rings (SSSR count). The minimum absolute atomic E-state index is 0.294. The van der Waals surface area contributed by atoms with Gasteiger partial charge in [-0.25, -0.2) is 9.97 Å². The minimum Gasteiger partial charge on any atom is -0.453 e. The highest BCUT2D eigenvalue weighted by atomic mass is 16.3. The number of nitrogens with zero attached hydrogens (tertiary/aromatic N) is 4. The lowest BCUT2D eigenvalue weighted by atomic mass is 10.1. The third kappa shape index (κ3) is 3.69. The first-order chi connectivity index (χ1) is 16.8. The molecule has 164 valence electrons. The zero-order valence-corrected chi connectivity index (χ0v) is 18.1. The molecule has 0 aliphatic carbocycles. The fourth-order valence-electron chi connectivity index (χ4n) is 4.07. The van der Waals surface area contributed by atoms with E-state index in [9.17, 15) is 4.79 Å². The average molecular weight is 445 g/mol. The minimum atomic E-state index is 0.294. The van der Waals surface area contributed by atoms with Crippen molar-refractivity contribution in [3.8, 4) is 11.3 Å². The lowest BCUT2D eigenvalue weighted by molar-refractivity contribution is 0.110. The van der Waals surface area contributed by atoms with Crippen LogP contribution in [0.25, 0.3) is 33.1 Å². The van der Waals surface area contributed by atoms with Crippen LogP contribution < -0.4 is 5.32 Å². The van der Waals surface area contributed by atoms with Crippen molar-refractivity contribution < 1.29 is 9.21 Å². The van der Waals surface area contributed by atoms with Gasteiger partial charge in [0.25, 0.3) is 0 Å². The Balaban J connectivity index is 1.29. The molecule has 6 aromatic rings. The summed E-state index contributed by atoms with van der Waals surface area (Å²) in [6.07, 6.45) is 4.10. The molecule has 0 saturated carbocycles. The quantitative estimate of drug-likeness (QED) is 0.324. The normalized spacial score (nSPS) is 11.2. The van der Waals surface area contributed by atoms with Crippen molar-refractivity contribution in [2.24, 2.45) is 0 Å². The van der Waals surface area contributed by atoms with E-state index in [4.69, 9.17) is 4.42 Å². The van der Waals surface area contributed by atoms with Crippen LogP contribution in [0.5, 0.6) is 0 Å². The van der Waals surface area contributed by atoms with E-state index in [-0.39, 0.29) is 0 Å². The summed E-state index contributed by atoms with van der Waals surface area (Å²) in [4.78, 5) is 19.8. The highest BCUT2D eigenvalue weighted by Gasteiger charge is 2.10. The molecule has 0 amide bonds. The van der Waals surface area contributed by atoms with Gasteiger partial charge in [0, 0.05) is 22.0 Å². The summed E-state index contributed by atoms with van der Waals surface area (Å²) < 4.78 is 7.54. The zero-order valence-electron chi connectivity index (χ0n) is 18.1. The van der Waals surface area contributed by atoms with Gasteiger partial charge >= 0.3 is 0 Å². The van der Waals surface area contributed by atoms with Crippen molar-refractivity contribution in [1.29, 1.82) is 0 Å². The first-order valence-corrected chi connectivity index (χ1v) is 10.8. The maximum absolute atomic E-state index is 10.9. The van der Waals surface area contributed by atoms with Crippen molar-refractivity contribution in [2.75, 3.05) is 5.32 Å². The van der Waals surface area contributed by atoms with Crippen LogP contribution in [-0.4, -0.2) is 26.0 Å². The lowest BCUT2D eigenvalue weighted by Gasteiger charge is -2.10. The van der Waals surface area contributed by atoms with E-state index in [1.807, 2.05) is 53.3 Å². The van der Waals surface area contributed by atoms with E-state index in [2.05, 4.69) is 44.6 Å². The van der Waals surface area contributed by atoms with Gasteiger partial charge in [0.15, 0.2) is 12.0 Å². The Morgan fingerprint density at radius 1 is 0.941 bits per heavy atom. The number of benzene rings is 3. The summed E-state index contributed by atoms with van der Waals surface area (Å²) in [5, 5.41) is 9.91. The molecule has 3 heterocycles. The third-order valence-electron chi connectivity index (χ3n) is 5.74. The number of rotatable bonds is 6. The van der Waals surface area contributed by atoms with Gasteiger partial charge in [-0.2, -0.15) is 5.10 Å². The zero-order chi connectivity index (χ0) is 22.9. The molecule has 0 unspecified atom stereocenters. The molecule has 0 saturated heterocycles. The number of aldehydes is 1. The van der Waals surface area contributed by atoms with Crippen molar-refractivity contribution in [3.63, 3.8) is 0 Å². The Labute approximate surface area is 194 Å². The van der Waals surface area contributed by atoms with Crippen LogP contribution in [-0.2, 0) is 6.54 Å². The Morgan fingerprint density at radius 3 is 2.71 bits per heavy atom. The fraction of sp³-hybridized carbons (Fsp3) is 0.0370. The first-order valence-electron chi connectivity index (χ1n) is 10.8. The number of furan rings is 1. The predicted octanol–water partition coefficient (Wildman–Crippen LogP) is 5.84. The van der Waals surface area contributed by atoms with Gasteiger partial charge in [-0.15, -0.1) is 0 Å². The van der Waals surface area contributed by atoms with Crippen LogP contribution >= 0.6 is 0 Å². The molecular formula is C27H19N5O2. The molecule has 7 heteroatoms.